The van der Waals surface area contributed by atoms with Crippen LogP contribution in [0.5, 0.6) is 0 Å². The summed E-state index contributed by atoms with van der Waals surface area (Å²) in [4.78, 5) is 34.1. The molecule has 42 heavy (non-hydrogen) atoms. The van der Waals surface area contributed by atoms with E-state index in [-0.39, 0.29) is 29.5 Å². The summed E-state index contributed by atoms with van der Waals surface area (Å²) in [5, 5.41) is 20.1. The number of ether oxygens (including phenoxy) is 2. The Kier molecular flexibility index (Phi) is 5.62. The molecule has 5 heterocycles. The summed E-state index contributed by atoms with van der Waals surface area (Å²) < 4.78 is 12.9. The number of amides is 2. The van der Waals surface area contributed by atoms with Gasteiger partial charge >= 0.3 is 0 Å². The fraction of sp³-hybridized carbons (Fsp3) is 0.455. The zero-order valence-electron chi connectivity index (χ0n) is 24.9. The summed E-state index contributed by atoms with van der Waals surface area (Å²) in [6, 6.07) is 15.4. The number of hydrogen-bond acceptors (Lipinski definition) is 6. The van der Waals surface area contributed by atoms with Crippen LogP contribution in [0.3, 0.4) is 0 Å². The lowest BCUT2D eigenvalue weighted by atomic mass is 9.72. The molecule has 1 aromatic heterocycles. The highest BCUT2D eigenvalue weighted by Gasteiger charge is 2.81. The van der Waals surface area contributed by atoms with E-state index in [9.17, 15) is 14.7 Å². The molecule has 3 aromatic rings. The number of nitrogens with one attached hydrogen (secondary N) is 3. The molecule has 2 aromatic carbocycles. The van der Waals surface area contributed by atoms with Gasteiger partial charge in [-0.3, -0.25) is 9.59 Å². The number of benzene rings is 2. The summed E-state index contributed by atoms with van der Waals surface area (Å²) in [5.74, 6) is -1.15. The first kappa shape index (κ1) is 27.2. The Bertz CT molecular complexity index is 1680. The van der Waals surface area contributed by atoms with Gasteiger partial charge in [0.15, 0.2) is 17.4 Å². The molecule has 0 radical (unpaired) electrons. The van der Waals surface area contributed by atoms with Crippen molar-refractivity contribution in [2.24, 2.45) is 11.8 Å². The molecule has 4 aliphatic heterocycles. The molecule has 1 spiro atoms. The van der Waals surface area contributed by atoms with Crippen LogP contribution in [0.2, 0.25) is 0 Å². The van der Waals surface area contributed by atoms with Crippen LogP contribution in [0, 0.1) is 11.8 Å². The van der Waals surface area contributed by atoms with Crippen LogP contribution in [-0.2, 0) is 30.1 Å². The van der Waals surface area contributed by atoms with Gasteiger partial charge in [-0.15, -0.1) is 0 Å². The Morgan fingerprint density at radius 2 is 1.76 bits per heavy atom. The van der Waals surface area contributed by atoms with Gasteiger partial charge in [0.25, 0.3) is 17.5 Å². The summed E-state index contributed by atoms with van der Waals surface area (Å²) in [5.41, 5.74) is -1.10. The largest absolute Gasteiger partial charge is 0.377 e. The second kappa shape index (κ2) is 8.69. The van der Waals surface area contributed by atoms with E-state index in [0.717, 1.165) is 22.2 Å². The van der Waals surface area contributed by atoms with Crippen molar-refractivity contribution in [3.05, 3.63) is 71.0 Å². The number of aliphatic hydroxyl groups is 1. The van der Waals surface area contributed by atoms with Crippen LogP contribution in [0.25, 0.3) is 17.0 Å². The van der Waals surface area contributed by atoms with Gasteiger partial charge in [0, 0.05) is 58.4 Å². The number of piperazine rings is 1. The lowest BCUT2D eigenvalue weighted by Crippen LogP contribution is -2.72. The van der Waals surface area contributed by atoms with Crippen molar-refractivity contribution in [3.8, 4) is 0 Å². The molecular weight excluding hydrogens is 532 g/mol. The van der Waals surface area contributed by atoms with Crippen molar-refractivity contribution >= 4 is 34.5 Å². The summed E-state index contributed by atoms with van der Waals surface area (Å²) in [6.45, 7) is 10.6. The molecule has 5 atom stereocenters. The highest BCUT2D eigenvalue weighted by atomic mass is 16.6. The van der Waals surface area contributed by atoms with Crippen molar-refractivity contribution in [3.63, 3.8) is 0 Å². The van der Waals surface area contributed by atoms with Crippen LogP contribution < -0.4 is 10.6 Å². The molecule has 0 bridgehead atoms. The summed E-state index contributed by atoms with van der Waals surface area (Å²) in [6.07, 6.45) is 1.17. The van der Waals surface area contributed by atoms with Crippen LogP contribution in [-0.4, -0.2) is 58.0 Å². The van der Waals surface area contributed by atoms with Gasteiger partial charge in [0.05, 0.1) is 0 Å². The number of rotatable bonds is 3. The molecule has 2 amide bonds. The summed E-state index contributed by atoms with van der Waals surface area (Å²) in [7, 11) is 1.45. The Labute approximate surface area is 245 Å². The molecule has 0 saturated carbocycles. The zero-order valence-corrected chi connectivity index (χ0v) is 24.9. The van der Waals surface area contributed by atoms with Gasteiger partial charge < -0.3 is 35.1 Å². The second-order valence-corrected chi connectivity index (χ2v) is 13.2. The molecule has 4 N–H and O–H groups in total. The Balaban J connectivity index is 1.41. The lowest BCUT2D eigenvalue weighted by Gasteiger charge is -2.45. The lowest BCUT2D eigenvalue weighted by molar-refractivity contribution is -0.198. The monoisotopic (exact) mass is 570 g/mol. The fourth-order valence-electron chi connectivity index (χ4n) is 7.65. The molecule has 9 heteroatoms. The van der Waals surface area contributed by atoms with Gasteiger partial charge in [-0.25, -0.2) is 0 Å². The zero-order chi connectivity index (χ0) is 29.8. The Hall–Kier alpha value is -3.66. The number of nitrogens with zero attached hydrogens (tertiary/aromatic N) is 1. The molecule has 2 fully saturated rings. The molecular formula is C33H38N4O5. The van der Waals surface area contributed by atoms with Crippen molar-refractivity contribution in [2.75, 3.05) is 19.0 Å². The average Bonchev–Trinajstić information content (AvgIpc) is 3.51. The number of hydrogen-bond donors (Lipinski definition) is 4. The van der Waals surface area contributed by atoms with E-state index in [1.165, 1.54) is 12.0 Å². The predicted molar refractivity (Wildman–Crippen MR) is 159 cm³/mol. The minimum atomic E-state index is -1.96. The number of methoxy groups -OCH3 is 1. The third-order valence-electron chi connectivity index (χ3n) is 10.2. The minimum absolute atomic E-state index is 0.0543. The number of para-hydroxylation sites is 2. The highest BCUT2D eigenvalue weighted by molar-refractivity contribution is 6.10. The van der Waals surface area contributed by atoms with E-state index >= 15 is 0 Å². The van der Waals surface area contributed by atoms with Crippen LogP contribution in [0.4, 0.5) is 5.69 Å². The number of carbonyl (C=O) groups is 2. The highest BCUT2D eigenvalue weighted by Crippen LogP contribution is 2.62. The maximum atomic E-state index is 14.8. The topological polar surface area (TPSA) is 116 Å². The molecule has 1 unspecified atom stereocenters. The molecule has 0 aliphatic carbocycles. The maximum Gasteiger partial charge on any atom is 0.283 e. The third kappa shape index (κ3) is 3.19. The molecule has 4 aliphatic rings. The predicted octanol–water partition coefficient (Wildman–Crippen LogP) is 4.19. The molecule has 7 rings (SSSR count). The number of aromatic amines is 1. The first-order chi connectivity index (χ1) is 19.9. The fourth-order valence-corrected chi connectivity index (χ4v) is 7.65. The van der Waals surface area contributed by atoms with E-state index in [1.807, 2.05) is 75.4 Å². The first-order valence-electron chi connectivity index (χ1n) is 14.7. The Morgan fingerprint density at radius 1 is 1.05 bits per heavy atom. The van der Waals surface area contributed by atoms with E-state index in [1.54, 1.807) is 0 Å². The van der Waals surface area contributed by atoms with Crippen molar-refractivity contribution in [1.82, 2.24) is 15.2 Å². The number of anilines is 1. The minimum Gasteiger partial charge on any atom is -0.377 e. The molecule has 9 nitrogen and oxygen atoms in total. The SMILES string of the molecule is CO[C@H]1[C@@]2(NC(=O)/C3=C/c4c([nH]c5ccccc45)C(C)(C)CCN3C2=O)OC2([C@@H](C)C(C)C)Nc3ccccc3[C@@]12O. The summed E-state index contributed by atoms with van der Waals surface area (Å²) >= 11 is 0. The Morgan fingerprint density at radius 3 is 2.50 bits per heavy atom. The number of H-pyrrole nitrogens is 1. The number of fused-ring (bicyclic) bond motifs is 7. The smallest absolute Gasteiger partial charge is 0.283 e. The van der Waals surface area contributed by atoms with E-state index in [0.29, 0.717) is 17.7 Å². The first-order valence-corrected chi connectivity index (χ1v) is 14.7. The number of carbonyl (C=O) groups excluding carboxylic acids is 2. The number of aromatic nitrogens is 1. The van der Waals surface area contributed by atoms with Crippen LogP contribution in [0.15, 0.2) is 54.2 Å². The van der Waals surface area contributed by atoms with Gasteiger partial charge in [0.1, 0.15) is 5.70 Å². The second-order valence-electron chi connectivity index (χ2n) is 13.2. The van der Waals surface area contributed by atoms with Gasteiger partial charge in [-0.05, 0) is 30.5 Å². The van der Waals surface area contributed by atoms with Gasteiger partial charge in [-0.1, -0.05) is 71.0 Å². The van der Waals surface area contributed by atoms with Crippen LogP contribution >= 0.6 is 0 Å². The van der Waals surface area contributed by atoms with Crippen LogP contribution in [0.1, 0.15) is 57.9 Å². The maximum absolute atomic E-state index is 14.8. The van der Waals surface area contributed by atoms with Crippen molar-refractivity contribution < 1.29 is 24.2 Å². The average molecular weight is 571 g/mol. The van der Waals surface area contributed by atoms with Gasteiger partial charge in [-0.2, -0.15) is 0 Å². The van der Waals surface area contributed by atoms with Crippen molar-refractivity contribution in [1.29, 1.82) is 0 Å². The van der Waals surface area contributed by atoms with E-state index in [2.05, 4.69) is 29.5 Å². The molecule has 220 valence electrons. The molecule has 2 saturated heterocycles. The standard InChI is InChI=1S/C33H38N4O5/c1-18(2)19(3)33-31(40,22-12-8-10-14-24(22)35-33)28(41-6)32(42-33)29(39)37-16-15-30(4,5)26-21(17-25(37)27(38)36-32)20-11-7-9-13-23(20)34-26/h7-14,17-19,28,34-35,40H,15-16H2,1-6H3,(H,36,38)/b25-17-/t19-,28+,31+,32+,33?/m0/s1. The van der Waals surface area contributed by atoms with E-state index < -0.39 is 35.0 Å². The quantitative estimate of drug-likeness (QED) is 0.375. The normalized spacial score (nSPS) is 33.2. The van der Waals surface area contributed by atoms with E-state index in [4.69, 9.17) is 9.47 Å². The third-order valence-corrected chi connectivity index (χ3v) is 10.2. The van der Waals surface area contributed by atoms with Crippen molar-refractivity contribution in [2.45, 2.75) is 69.6 Å². The van der Waals surface area contributed by atoms with Gasteiger partial charge in [0.2, 0.25) is 0 Å².